The summed E-state index contributed by atoms with van der Waals surface area (Å²) in [5.74, 6) is -1.07. The van der Waals surface area contributed by atoms with Crippen LogP contribution in [-0.4, -0.2) is 37.2 Å². The molecule has 0 aromatic heterocycles. The van der Waals surface area contributed by atoms with Crippen molar-refractivity contribution in [2.45, 2.75) is 162 Å². The zero-order chi connectivity index (χ0) is 50.7. The molecule has 70 heavy (non-hydrogen) atoms. The number of allylic oxidation sites excluding steroid dienone is 34. The van der Waals surface area contributed by atoms with Crippen LogP contribution in [-0.2, 0) is 28.6 Å². The van der Waals surface area contributed by atoms with E-state index in [0.717, 1.165) is 103 Å². The van der Waals surface area contributed by atoms with Gasteiger partial charge in [-0.2, -0.15) is 0 Å². The second kappa shape index (κ2) is 55.6. The lowest BCUT2D eigenvalue weighted by atomic mass is 10.1. The Bertz CT molecular complexity index is 1810. The molecule has 0 aliphatic rings. The van der Waals surface area contributed by atoms with Gasteiger partial charge in [0, 0.05) is 19.3 Å². The summed E-state index contributed by atoms with van der Waals surface area (Å²) in [7, 11) is 0. The minimum Gasteiger partial charge on any atom is -0.462 e. The molecular weight excluding hydrogens is 865 g/mol. The molecule has 382 valence electrons. The zero-order valence-electron chi connectivity index (χ0n) is 43.4. The minimum atomic E-state index is -0.845. The molecule has 0 bridgehead atoms. The fraction of sp³-hybridized carbons (Fsp3) is 0.422. The highest BCUT2D eigenvalue weighted by atomic mass is 16.6. The van der Waals surface area contributed by atoms with E-state index < -0.39 is 6.10 Å². The Labute approximate surface area is 426 Å². The maximum atomic E-state index is 12.8. The maximum Gasteiger partial charge on any atom is 0.306 e. The van der Waals surface area contributed by atoms with E-state index >= 15 is 0 Å². The van der Waals surface area contributed by atoms with Gasteiger partial charge in [0.05, 0.1) is 0 Å². The van der Waals surface area contributed by atoms with Gasteiger partial charge < -0.3 is 14.2 Å². The van der Waals surface area contributed by atoms with Crippen LogP contribution in [0.2, 0.25) is 0 Å². The molecule has 0 rings (SSSR count). The van der Waals surface area contributed by atoms with Crippen LogP contribution < -0.4 is 0 Å². The van der Waals surface area contributed by atoms with Crippen molar-refractivity contribution in [3.05, 3.63) is 207 Å². The number of esters is 3. The van der Waals surface area contributed by atoms with Crippen molar-refractivity contribution in [3.63, 3.8) is 0 Å². The van der Waals surface area contributed by atoms with Gasteiger partial charge in [0.1, 0.15) is 13.2 Å². The van der Waals surface area contributed by atoms with Crippen molar-refractivity contribution in [2.24, 2.45) is 0 Å². The lowest BCUT2D eigenvalue weighted by molar-refractivity contribution is -0.167. The normalized spacial score (nSPS) is 13.8. The van der Waals surface area contributed by atoms with E-state index in [0.29, 0.717) is 19.3 Å². The van der Waals surface area contributed by atoms with Crippen molar-refractivity contribution in [2.75, 3.05) is 13.2 Å². The molecule has 0 amide bonds. The molecule has 1 unspecified atom stereocenters. The molecule has 6 nitrogen and oxygen atoms in total. The van der Waals surface area contributed by atoms with Gasteiger partial charge >= 0.3 is 17.9 Å². The summed E-state index contributed by atoms with van der Waals surface area (Å²) in [5.41, 5.74) is 0. The molecular formula is C64H90O6. The largest absolute Gasteiger partial charge is 0.462 e. The molecule has 0 radical (unpaired) electrons. The first-order valence-corrected chi connectivity index (χ1v) is 26.3. The Balaban J connectivity index is 4.70. The first kappa shape index (κ1) is 64.0. The fourth-order valence-electron chi connectivity index (χ4n) is 6.07. The van der Waals surface area contributed by atoms with E-state index in [-0.39, 0.29) is 44.0 Å². The molecule has 0 N–H and O–H groups in total. The summed E-state index contributed by atoms with van der Waals surface area (Å²) < 4.78 is 16.7. The van der Waals surface area contributed by atoms with Gasteiger partial charge in [0.25, 0.3) is 0 Å². The monoisotopic (exact) mass is 955 g/mol. The SMILES string of the molecule is CC\C=C/C=C\C=C/C=C\C=C\C=C/C=C\CCCCCC(=O)OCC(COC(=O)CCCCCC/C=C\C/C=C\C/C=C\CC)OC(=O)CCCCC\C=C/C=C\C=C\C=C/C=C\C=C/C=C\CC. The van der Waals surface area contributed by atoms with E-state index in [4.69, 9.17) is 14.2 Å². The van der Waals surface area contributed by atoms with Crippen LogP contribution in [0.4, 0.5) is 0 Å². The Morgan fingerprint density at radius 3 is 0.971 bits per heavy atom. The summed E-state index contributed by atoms with van der Waals surface area (Å²) in [6.07, 6.45) is 86.5. The van der Waals surface area contributed by atoms with Crippen molar-refractivity contribution >= 4 is 17.9 Å². The molecule has 0 aliphatic heterocycles. The van der Waals surface area contributed by atoms with Gasteiger partial charge in [-0.3, -0.25) is 14.4 Å². The average Bonchev–Trinajstić information content (AvgIpc) is 3.36. The van der Waals surface area contributed by atoms with E-state index in [2.05, 4.69) is 81.5 Å². The predicted octanol–water partition coefficient (Wildman–Crippen LogP) is 17.7. The second-order valence-corrected chi connectivity index (χ2v) is 16.3. The van der Waals surface area contributed by atoms with Crippen LogP contribution in [0, 0.1) is 0 Å². The molecule has 0 saturated carbocycles. The third-order valence-electron chi connectivity index (χ3n) is 9.90. The smallest absolute Gasteiger partial charge is 0.306 e. The van der Waals surface area contributed by atoms with Crippen molar-refractivity contribution < 1.29 is 28.6 Å². The molecule has 0 fully saturated rings. The highest BCUT2D eigenvalue weighted by Crippen LogP contribution is 2.11. The molecule has 6 heteroatoms. The molecule has 1 atom stereocenters. The Hall–Kier alpha value is -6.01. The van der Waals surface area contributed by atoms with E-state index in [9.17, 15) is 14.4 Å². The standard InChI is InChI=1S/C64H90O6/c1-4-7-10-13-16-19-22-25-28-30-32-34-36-39-42-45-48-51-54-57-63(66)69-60-61(59-68-62(65)56-53-50-47-44-41-38-27-24-21-18-15-12-9-6-3)70-64(67)58-55-52-49-46-43-40-37-35-33-31-29-26-23-20-17-14-11-8-5-2/h7-14,16-23,25-40,42-43,61H,4-6,15,24,41,44-60H2,1-3H3/b10-7-,11-8-,12-9-,16-13-,17-14-,21-18-,22-19-,23-20-,28-25-,29-26-,32-30+,33-31+,36-34-,37-35-,38-27-,42-39-,43-40-. The average molecular weight is 955 g/mol. The van der Waals surface area contributed by atoms with Crippen LogP contribution in [0.1, 0.15) is 156 Å². The second-order valence-electron chi connectivity index (χ2n) is 16.3. The lowest BCUT2D eigenvalue weighted by Crippen LogP contribution is -2.30. The molecule has 0 saturated heterocycles. The lowest BCUT2D eigenvalue weighted by Gasteiger charge is -2.18. The number of hydrogen-bond donors (Lipinski definition) is 0. The third kappa shape index (κ3) is 53.0. The number of unbranched alkanes of at least 4 members (excludes halogenated alkanes) is 10. The molecule has 0 aromatic rings. The molecule has 0 aromatic carbocycles. The summed E-state index contributed by atoms with van der Waals surface area (Å²) in [5, 5.41) is 0. The zero-order valence-corrected chi connectivity index (χ0v) is 43.4. The van der Waals surface area contributed by atoms with Gasteiger partial charge in [0.2, 0.25) is 0 Å². The van der Waals surface area contributed by atoms with Crippen LogP contribution in [0.25, 0.3) is 0 Å². The van der Waals surface area contributed by atoms with E-state index in [1.165, 1.54) is 0 Å². The van der Waals surface area contributed by atoms with Crippen molar-refractivity contribution in [1.82, 2.24) is 0 Å². The maximum absolute atomic E-state index is 12.8. The van der Waals surface area contributed by atoms with Crippen LogP contribution in [0.3, 0.4) is 0 Å². The first-order valence-electron chi connectivity index (χ1n) is 26.3. The number of ether oxygens (including phenoxy) is 3. The van der Waals surface area contributed by atoms with Crippen LogP contribution >= 0.6 is 0 Å². The van der Waals surface area contributed by atoms with Crippen molar-refractivity contribution in [3.8, 4) is 0 Å². The quantitative estimate of drug-likeness (QED) is 0.0199. The van der Waals surface area contributed by atoms with Crippen LogP contribution in [0.5, 0.6) is 0 Å². The molecule has 0 heterocycles. The predicted molar refractivity (Wildman–Crippen MR) is 301 cm³/mol. The van der Waals surface area contributed by atoms with E-state index in [1.807, 2.05) is 146 Å². The minimum absolute atomic E-state index is 0.137. The molecule has 0 spiro atoms. The van der Waals surface area contributed by atoms with Gasteiger partial charge in [-0.05, 0) is 89.9 Å². The van der Waals surface area contributed by atoms with Gasteiger partial charge in [-0.25, -0.2) is 0 Å². The summed E-state index contributed by atoms with van der Waals surface area (Å²) in [4.78, 5) is 38.1. The van der Waals surface area contributed by atoms with Crippen molar-refractivity contribution in [1.29, 1.82) is 0 Å². The third-order valence-corrected chi connectivity index (χ3v) is 9.90. The van der Waals surface area contributed by atoms with Gasteiger partial charge in [-0.15, -0.1) is 0 Å². The number of carbonyl (C=O) groups is 3. The number of hydrogen-bond acceptors (Lipinski definition) is 6. The highest BCUT2D eigenvalue weighted by molar-refractivity contribution is 5.71. The Kier molecular flexibility index (Phi) is 50.8. The number of carbonyl (C=O) groups excluding carboxylic acids is 3. The summed E-state index contributed by atoms with van der Waals surface area (Å²) in [6.45, 7) is 6.09. The molecule has 0 aliphatic carbocycles. The Morgan fingerprint density at radius 1 is 0.300 bits per heavy atom. The van der Waals surface area contributed by atoms with Gasteiger partial charge in [0.15, 0.2) is 6.10 Å². The summed E-state index contributed by atoms with van der Waals surface area (Å²) >= 11 is 0. The topological polar surface area (TPSA) is 78.9 Å². The fourth-order valence-corrected chi connectivity index (χ4v) is 6.07. The first-order chi connectivity index (χ1) is 34.5. The van der Waals surface area contributed by atoms with Gasteiger partial charge in [-0.1, -0.05) is 253 Å². The van der Waals surface area contributed by atoms with E-state index in [1.54, 1.807) is 0 Å². The highest BCUT2D eigenvalue weighted by Gasteiger charge is 2.19. The Morgan fingerprint density at radius 2 is 0.586 bits per heavy atom. The summed E-state index contributed by atoms with van der Waals surface area (Å²) in [6, 6.07) is 0. The number of rotatable bonds is 43. The van der Waals surface area contributed by atoms with Crippen LogP contribution in [0.15, 0.2) is 207 Å².